The quantitative estimate of drug-likeness (QED) is 0.302. The molecule has 4 N–H and O–H groups in total. The summed E-state index contributed by atoms with van der Waals surface area (Å²) in [5.74, 6) is -1.85. The highest BCUT2D eigenvalue weighted by Crippen LogP contribution is 2.28. The number of nitrogens with two attached hydrogens (primary N) is 1. The number of aliphatic hydroxyl groups is 1. The Morgan fingerprint density at radius 2 is 1.69 bits per heavy atom. The number of aliphatic carboxylic acids is 1. The van der Waals surface area contributed by atoms with Gasteiger partial charge in [0.05, 0.1) is 12.5 Å². The number of carbonyl (C=O) groups is 2. The van der Waals surface area contributed by atoms with Gasteiger partial charge >= 0.3 is 12.1 Å². The number of halogens is 3. The average molecular weight is 557 g/mol. The van der Waals surface area contributed by atoms with Gasteiger partial charge in [0.2, 0.25) is 17.6 Å². The maximum atomic E-state index is 12.2. The first-order valence-corrected chi connectivity index (χ1v) is 13.4. The fraction of sp³-hybridized carbons (Fsp3) is 0.630. The summed E-state index contributed by atoms with van der Waals surface area (Å²) in [6, 6.07) is 7.55. The SMILES string of the molecule is CCCCCCCCCCc1ccc(-c2noc([C@@H]3CCN(C(=O)[C@@H](N)CO)C3)n2)cc1.O=C(O)C(F)(F)F. The fourth-order valence-electron chi connectivity index (χ4n) is 4.28. The van der Waals surface area contributed by atoms with E-state index in [1.165, 1.54) is 56.9 Å². The number of rotatable bonds is 13. The van der Waals surface area contributed by atoms with Gasteiger partial charge in [0.25, 0.3) is 0 Å². The third kappa shape index (κ3) is 11.0. The van der Waals surface area contributed by atoms with Crippen LogP contribution in [0.4, 0.5) is 13.2 Å². The molecule has 1 aliphatic heterocycles. The van der Waals surface area contributed by atoms with Gasteiger partial charge in [0, 0.05) is 18.7 Å². The second-order valence-electron chi connectivity index (χ2n) is 9.74. The van der Waals surface area contributed by atoms with Crippen LogP contribution in [0.25, 0.3) is 11.4 Å². The number of aryl methyl sites for hydroxylation is 1. The van der Waals surface area contributed by atoms with E-state index < -0.39 is 18.2 Å². The standard InChI is InChI=1S/C25H38N4O3.C2HF3O2/c1-2-3-4-5-6-7-8-9-10-19-11-13-20(14-12-19)23-27-24(32-28-23)21-15-16-29(17-21)25(31)22(26)18-30;3-2(4,5)1(6)7/h11-14,21-22,30H,2-10,15-18,26H2,1H3;(H,6,7)/t21-,22+;/m1./s1. The Kier molecular flexibility index (Phi) is 13.4. The monoisotopic (exact) mass is 556 g/mol. The number of likely N-dealkylation sites (tertiary alicyclic amines) is 1. The molecular formula is C27H39F3N4O5. The molecule has 0 spiro atoms. The van der Waals surface area contributed by atoms with Crippen molar-refractivity contribution in [3.05, 3.63) is 35.7 Å². The zero-order chi connectivity index (χ0) is 28.8. The van der Waals surface area contributed by atoms with Gasteiger partial charge in [0.1, 0.15) is 6.04 Å². The van der Waals surface area contributed by atoms with Crippen molar-refractivity contribution in [2.45, 2.75) is 89.3 Å². The molecule has 2 aromatic rings. The molecule has 2 heterocycles. The third-order valence-electron chi connectivity index (χ3n) is 6.58. The van der Waals surface area contributed by atoms with Crippen LogP contribution in [0.1, 0.15) is 82.1 Å². The van der Waals surface area contributed by atoms with Gasteiger partial charge in [-0.1, -0.05) is 81.3 Å². The zero-order valence-corrected chi connectivity index (χ0v) is 22.3. The van der Waals surface area contributed by atoms with Gasteiger partial charge in [-0.2, -0.15) is 18.2 Å². The lowest BCUT2D eigenvalue weighted by atomic mass is 10.0. The number of amides is 1. The molecule has 2 atom stereocenters. The first-order chi connectivity index (χ1) is 18.6. The first-order valence-electron chi connectivity index (χ1n) is 13.4. The highest BCUT2D eigenvalue weighted by molar-refractivity contribution is 5.82. The molecule has 1 aromatic carbocycles. The predicted molar refractivity (Wildman–Crippen MR) is 139 cm³/mol. The van der Waals surface area contributed by atoms with Crippen LogP contribution in [-0.4, -0.2) is 69.0 Å². The molecule has 1 aromatic heterocycles. The van der Waals surface area contributed by atoms with Crippen molar-refractivity contribution in [1.82, 2.24) is 15.0 Å². The summed E-state index contributed by atoms with van der Waals surface area (Å²) in [5, 5.41) is 20.4. The molecule has 0 aliphatic carbocycles. The molecule has 12 heteroatoms. The molecule has 0 bridgehead atoms. The van der Waals surface area contributed by atoms with Gasteiger partial charge in [-0.05, 0) is 24.8 Å². The maximum Gasteiger partial charge on any atom is 0.490 e. The number of unbranched alkanes of at least 4 members (excludes halogenated alkanes) is 7. The van der Waals surface area contributed by atoms with E-state index in [0.717, 1.165) is 18.4 Å². The van der Waals surface area contributed by atoms with Crippen molar-refractivity contribution in [3.63, 3.8) is 0 Å². The number of hydrogen-bond donors (Lipinski definition) is 3. The lowest BCUT2D eigenvalue weighted by Crippen LogP contribution is -2.44. The van der Waals surface area contributed by atoms with Gasteiger partial charge in [-0.15, -0.1) is 0 Å². The van der Waals surface area contributed by atoms with Crippen LogP contribution in [0.3, 0.4) is 0 Å². The lowest BCUT2D eigenvalue weighted by molar-refractivity contribution is -0.192. The summed E-state index contributed by atoms with van der Waals surface area (Å²) in [4.78, 5) is 27.3. The van der Waals surface area contributed by atoms with E-state index in [1.807, 2.05) is 0 Å². The number of carboxylic acid groups (broad SMARTS) is 1. The number of alkyl halides is 3. The molecule has 39 heavy (non-hydrogen) atoms. The Morgan fingerprint density at radius 3 is 2.26 bits per heavy atom. The van der Waals surface area contributed by atoms with Crippen LogP contribution < -0.4 is 5.73 Å². The number of carboxylic acids is 1. The third-order valence-corrected chi connectivity index (χ3v) is 6.58. The minimum absolute atomic E-state index is 0.00680. The van der Waals surface area contributed by atoms with Crippen molar-refractivity contribution in [2.75, 3.05) is 19.7 Å². The Bertz CT molecular complexity index is 1010. The molecule has 218 valence electrons. The molecule has 1 saturated heterocycles. The zero-order valence-electron chi connectivity index (χ0n) is 22.3. The summed E-state index contributed by atoms with van der Waals surface area (Å²) in [6.07, 6.45) is 7.43. The average Bonchev–Trinajstić information content (AvgIpc) is 3.60. The molecule has 0 radical (unpaired) electrons. The van der Waals surface area contributed by atoms with Gasteiger partial charge in [-0.25, -0.2) is 4.79 Å². The first kappa shape index (κ1) is 32.2. The molecule has 1 fully saturated rings. The second kappa shape index (κ2) is 16.2. The number of benzene rings is 1. The molecule has 0 saturated carbocycles. The highest BCUT2D eigenvalue weighted by atomic mass is 19.4. The number of nitrogens with zero attached hydrogens (tertiary/aromatic N) is 3. The number of carbonyl (C=O) groups excluding carboxylic acids is 1. The van der Waals surface area contributed by atoms with E-state index in [2.05, 4.69) is 41.3 Å². The largest absolute Gasteiger partial charge is 0.490 e. The normalized spacial score (nSPS) is 16.1. The van der Waals surface area contributed by atoms with E-state index in [9.17, 15) is 18.0 Å². The summed E-state index contributed by atoms with van der Waals surface area (Å²) in [7, 11) is 0. The van der Waals surface area contributed by atoms with Gasteiger partial charge < -0.3 is 25.4 Å². The van der Waals surface area contributed by atoms with Crippen LogP contribution in [0.5, 0.6) is 0 Å². The number of hydrogen-bond acceptors (Lipinski definition) is 7. The molecule has 9 nitrogen and oxygen atoms in total. The van der Waals surface area contributed by atoms with Crippen LogP contribution >= 0.6 is 0 Å². The molecule has 3 rings (SSSR count). The molecular weight excluding hydrogens is 517 g/mol. The highest BCUT2D eigenvalue weighted by Gasteiger charge is 2.38. The van der Waals surface area contributed by atoms with Gasteiger partial charge in [-0.3, -0.25) is 4.79 Å². The van der Waals surface area contributed by atoms with Gasteiger partial charge in [0.15, 0.2) is 0 Å². The van der Waals surface area contributed by atoms with Crippen molar-refractivity contribution in [1.29, 1.82) is 0 Å². The van der Waals surface area contributed by atoms with Crippen molar-refractivity contribution in [3.8, 4) is 11.4 Å². The molecule has 0 unspecified atom stereocenters. The number of aliphatic hydroxyl groups excluding tert-OH is 1. The number of aromatic nitrogens is 2. The van der Waals surface area contributed by atoms with E-state index in [1.54, 1.807) is 4.90 Å². The van der Waals surface area contributed by atoms with Crippen molar-refractivity contribution >= 4 is 11.9 Å². The Labute approximate surface area is 226 Å². The van der Waals surface area contributed by atoms with E-state index in [4.69, 9.17) is 25.3 Å². The minimum Gasteiger partial charge on any atom is -0.475 e. The van der Waals surface area contributed by atoms with E-state index in [0.29, 0.717) is 24.8 Å². The smallest absolute Gasteiger partial charge is 0.475 e. The summed E-state index contributed by atoms with van der Waals surface area (Å²) in [5.41, 5.74) is 7.93. The maximum absolute atomic E-state index is 12.2. The van der Waals surface area contributed by atoms with Crippen molar-refractivity contribution < 1.29 is 37.5 Å². The second-order valence-corrected chi connectivity index (χ2v) is 9.74. The fourth-order valence-corrected chi connectivity index (χ4v) is 4.28. The summed E-state index contributed by atoms with van der Waals surface area (Å²) < 4.78 is 37.2. The van der Waals surface area contributed by atoms with E-state index in [-0.39, 0.29) is 18.4 Å². The van der Waals surface area contributed by atoms with Crippen LogP contribution in [0.15, 0.2) is 28.8 Å². The van der Waals surface area contributed by atoms with Crippen LogP contribution in [-0.2, 0) is 16.0 Å². The van der Waals surface area contributed by atoms with Crippen LogP contribution in [0.2, 0.25) is 0 Å². The van der Waals surface area contributed by atoms with Crippen molar-refractivity contribution in [2.24, 2.45) is 5.73 Å². The molecule has 1 amide bonds. The molecule has 1 aliphatic rings. The summed E-state index contributed by atoms with van der Waals surface area (Å²) >= 11 is 0. The minimum atomic E-state index is -5.08. The lowest BCUT2D eigenvalue weighted by Gasteiger charge is -2.18. The van der Waals surface area contributed by atoms with Crippen LogP contribution in [0, 0.1) is 0 Å². The summed E-state index contributed by atoms with van der Waals surface area (Å²) in [6.45, 7) is 2.99. The predicted octanol–water partition coefficient (Wildman–Crippen LogP) is 4.69. The Balaban J connectivity index is 0.000000673. The van der Waals surface area contributed by atoms with E-state index >= 15 is 0 Å². The Hall–Kier alpha value is -2.99. The topological polar surface area (TPSA) is 143 Å². The Morgan fingerprint density at radius 1 is 1.10 bits per heavy atom.